The predicted octanol–water partition coefficient (Wildman–Crippen LogP) is 1.88. The van der Waals surface area contributed by atoms with Crippen molar-refractivity contribution in [2.75, 3.05) is 72.5 Å². The van der Waals surface area contributed by atoms with Gasteiger partial charge in [0.25, 0.3) is 0 Å². The summed E-state index contributed by atoms with van der Waals surface area (Å²) in [6.45, 7) is 4.78. The molecule has 0 bridgehead atoms. The fourth-order valence-corrected chi connectivity index (χ4v) is 4.64. The number of amides is 1. The minimum Gasteiger partial charge on any atom is -0.465 e. The molecule has 4 rings (SSSR count). The molecule has 0 saturated carbocycles. The number of fused-ring (bicyclic) bond motifs is 1. The maximum atomic E-state index is 11.5. The molecular formula is C21H27N5O4S. The van der Waals surface area contributed by atoms with Gasteiger partial charge in [0.05, 0.1) is 29.0 Å². The van der Waals surface area contributed by atoms with Crippen LogP contribution in [0.4, 0.5) is 27.7 Å². The van der Waals surface area contributed by atoms with Gasteiger partial charge in [-0.05, 0) is 24.3 Å². The molecule has 3 heterocycles. The molecule has 0 spiro atoms. The van der Waals surface area contributed by atoms with Crippen molar-refractivity contribution < 1.29 is 18.3 Å². The highest BCUT2D eigenvalue weighted by Gasteiger charge is 2.27. The maximum absolute atomic E-state index is 11.5. The Labute approximate surface area is 182 Å². The Hall–Kier alpha value is -2.85. The van der Waals surface area contributed by atoms with Crippen molar-refractivity contribution in [2.24, 2.45) is 0 Å². The van der Waals surface area contributed by atoms with Gasteiger partial charge in [-0.3, -0.25) is 9.80 Å². The summed E-state index contributed by atoms with van der Waals surface area (Å²) in [5.74, 6) is 0.980. The van der Waals surface area contributed by atoms with Crippen LogP contribution in [0.5, 0.6) is 0 Å². The summed E-state index contributed by atoms with van der Waals surface area (Å²) in [6.07, 6.45) is 2.18. The van der Waals surface area contributed by atoms with Gasteiger partial charge in [0.15, 0.2) is 0 Å². The minimum atomic E-state index is -2.94. The fourth-order valence-electron chi connectivity index (χ4n) is 4.05. The highest BCUT2D eigenvalue weighted by Crippen LogP contribution is 2.37. The van der Waals surface area contributed by atoms with E-state index in [0.717, 1.165) is 43.4 Å². The summed E-state index contributed by atoms with van der Waals surface area (Å²) in [7, 11) is -2.94. The third-order valence-corrected chi connectivity index (χ3v) is 6.69. The SMILES string of the molecule is CS(=O)(=O)CCN1CCN(c2ccc(N3CCN(C(=O)O)c4ccccc43)nc2)CC1. The van der Waals surface area contributed by atoms with Crippen LogP contribution in [0.2, 0.25) is 0 Å². The Balaban J connectivity index is 1.42. The van der Waals surface area contributed by atoms with Gasteiger partial charge in [0.1, 0.15) is 15.7 Å². The third-order valence-electron chi connectivity index (χ3n) is 5.77. The highest BCUT2D eigenvalue weighted by molar-refractivity contribution is 7.90. The van der Waals surface area contributed by atoms with Gasteiger partial charge in [-0.1, -0.05) is 12.1 Å². The normalized spacial score (nSPS) is 17.5. The standard InChI is InChI=1S/C21H27N5O4S/c1-31(29,30)15-14-23-8-10-24(11-9-23)17-6-7-20(22-16-17)25-12-13-26(21(27)28)19-5-3-2-4-18(19)25/h2-7,16H,8-15H2,1H3,(H,27,28). The van der Waals surface area contributed by atoms with Gasteiger partial charge < -0.3 is 14.9 Å². The molecule has 0 radical (unpaired) electrons. The number of hydrogen-bond donors (Lipinski definition) is 1. The Morgan fingerprint density at radius 1 is 1.00 bits per heavy atom. The van der Waals surface area contributed by atoms with Crippen molar-refractivity contribution in [3.63, 3.8) is 0 Å². The summed E-state index contributed by atoms with van der Waals surface area (Å²) in [6, 6.07) is 11.5. The van der Waals surface area contributed by atoms with E-state index in [1.54, 1.807) is 0 Å². The molecule has 0 unspecified atom stereocenters. The van der Waals surface area contributed by atoms with E-state index in [2.05, 4.69) is 14.8 Å². The van der Waals surface area contributed by atoms with E-state index in [9.17, 15) is 18.3 Å². The molecule has 31 heavy (non-hydrogen) atoms. The number of benzene rings is 1. The smallest absolute Gasteiger partial charge is 0.411 e. The number of hydrogen-bond acceptors (Lipinski definition) is 7. The van der Waals surface area contributed by atoms with E-state index in [0.29, 0.717) is 25.3 Å². The Kier molecular flexibility index (Phi) is 6.01. The predicted molar refractivity (Wildman–Crippen MR) is 121 cm³/mol. The van der Waals surface area contributed by atoms with Crippen molar-refractivity contribution in [1.29, 1.82) is 0 Å². The minimum absolute atomic E-state index is 0.194. The summed E-state index contributed by atoms with van der Waals surface area (Å²) in [5.41, 5.74) is 2.53. The van der Waals surface area contributed by atoms with Gasteiger partial charge in [0, 0.05) is 52.1 Å². The molecule has 1 aromatic carbocycles. The number of pyridine rings is 1. The number of anilines is 4. The molecule has 1 amide bonds. The zero-order chi connectivity index (χ0) is 22.0. The molecule has 0 aliphatic carbocycles. The van der Waals surface area contributed by atoms with Crippen LogP contribution in [0, 0.1) is 0 Å². The Morgan fingerprint density at radius 2 is 1.71 bits per heavy atom. The van der Waals surface area contributed by atoms with Crippen LogP contribution >= 0.6 is 0 Å². The van der Waals surface area contributed by atoms with Crippen LogP contribution in [-0.2, 0) is 9.84 Å². The van der Waals surface area contributed by atoms with Crippen molar-refractivity contribution in [3.05, 3.63) is 42.6 Å². The van der Waals surface area contributed by atoms with Crippen molar-refractivity contribution in [3.8, 4) is 0 Å². The van der Waals surface area contributed by atoms with Crippen LogP contribution in [-0.4, -0.2) is 87.3 Å². The molecular weight excluding hydrogens is 418 g/mol. The molecule has 2 aliphatic heterocycles. The number of sulfone groups is 1. The lowest BCUT2D eigenvalue weighted by Crippen LogP contribution is -2.47. The van der Waals surface area contributed by atoms with Crippen LogP contribution in [0.1, 0.15) is 0 Å². The molecule has 0 atom stereocenters. The molecule has 166 valence electrons. The zero-order valence-electron chi connectivity index (χ0n) is 17.5. The van der Waals surface area contributed by atoms with Gasteiger partial charge in [-0.25, -0.2) is 18.2 Å². The average Bonchev–Trinajstić information content (AvgIpc) is 2.77. The van der Waals surface area contributed by atoms with E-state index in [1.807, 2.05) is 47.5 Å². The Morgan fingerprint density at radius 3 is 2.32 bits per heavy atom. The van der Waals surface area contributed by atoms with Crippen LogP contribution < -0.4 is 14.7 Å². The Bertz CT molecular complexity index is 1040. The molecule has 2 aromatic rings. The van der Waals surface area contributed by atoms with Gasteiger partial charge in [-0.15, -0.1) is 0 Å². The maximum Gasteiger partial charge on any atom is 0.411 e. The average molecular weight is 446 g/mol. The molecule has 1 saturated heterocycles. The second kappa shape index (κ2) is 8.72. The second-order valence-corrected chi connectivity index (χ2v) is 10.2. The first-order valence-corrected chi connectivity index (χ1v) is 12.4. The first-order chi connectivity index (χ1) is 14.8. The second-order valence-electron chi connectivity index (χ2n) is 7.91. The summed E-state index contributed by atoms with van der Waals surface area (Å²) >= 11 is 0. The van der Waals surface area contributed by atoms with Gasteiger partial charge in [-0.2, -0.15) is 0 Å². The summed E-state index contributed by atoms with van der Waals surface area (Å²) < 4.78 is 22.7. The van der Waals surface area contributed by atoms with Gasteiger partial charge >= 0.3 is 6.09 Å². The summed E-state index contributed by atoms with van der Waals surface area (Å²) in [4.78, 5) is 24.0. The number of carboxylic acid groups (broad SMARTS) is 1. The largest absolute Gasteiger partial charge is 0.465 e. The lowest BCUT2D eigenvalue weighted by atomic mass is 10.1. The number of nitrogens with zero attached hydrogens (tertiary/aromatic N) is 5. The molecule has 9 nitrogen and oxygen atoms in total. The lowest BCUT2D eigenvalue weighted by Gasteiger charge is -2.37. The topological polar surface area (TPSA) is 97.3 Å². The third kappa shape index (κ3) is 4.91. The van der Waals surface area contributed by atoms with Crippen molar-refractivity contribution in [2.45, 2.75) is 0 Å². The van der Waals surface area contributed by atoms with Crippen molar-refractivity contribution in [1.82, 2.24) is 9.88 Å². The first kappa shape index (κ1) is 21.4. The van der Waals surface area contributed by atoms with Crippen LogP contribution in [0.3, 0.4) is 0 Å². The molecule has 2 aliphatic rings. The quantitative estimate of drug-likeness (QED) is 0.745. The highest BCUT2D eigenvalue weighted by atomic mass is 32.2. The number of piperazine rings is 1. The first-order valence-electron chi connectivity index (χ1n) is 10.3. The number of carbonyl (C=O) groups is 1. The van der Waals surface area contributed by atoms with Gasteiger partial charge in [0.2, 0.25) is 0 Å². The van der Waals surface area contributed by atoms with E-state index < -0.39 is 15.9 Å². The summed E-state index contributed by atoms with van der Waals surface area (Å²) in [5, 5.41) is 9.47. The molecule has 1 aromatic heterocycles. The van der Waals surface area contributed by atoms with E-state index in [1.165, 1.54) is 11.2 Å². The number of rotatable bonds is 5. The lowest BCUT2D eigenvalue weighted by molar-refractivity contribution is 0.201. The number of para-hydroxylation sites is 2. The molecule has 1 fully saturated rings. The van der Waals surface area contributed by atoms with Crippen molar-refractivity contribution >= 4 is 38.8 Å². The monoisotopic (exact) mass is 445 g/mol. The zero-order valence-corrected chi connectivity index (χ0v) is 18.3. The van der Waals surface area contributed by atoms with E-state index in [4.69, 9.17) is 0 Å². The number of aromatic nitrogens is 1. The molecule has 1 N–H and O–H groups in total. The molecule has 10 heteroatoms. The van der Waals surface area contributed by atoms with Crippen LogP contribution in [0.15, 0.2) is 42.6 Å². The van der Waals surface area contributed by atoms with E-state index >= 15 is 0 Å². The van der Waals surface area contributed by atoms with Crippen LogP contribution in [0.25, 0.3) is 0 Å². The van der Waals surface area contributed by atoms with E-state index in [-0.39, 0.29) is 5.75 Å². The fraction of sp³-hybridized carbons (Fsp3) is 0.429.